The van der Waals surface area contributed by atoms with Crippen LogP contribution in [0, 0.1) is 5.82 Å². The molecule has 1 heterocycles. The van der Waals surface area contributed by atoms with E-state index in [2.05, 4.69) is 15.0 Å². The Morgan fingerprint density at radius 1 is 1.13 bits per heavy atom. The van der Waals surface area contributed by atoms with Gasteiger partial charge in [-0.2, -0.15) is 0 Å². The van der Waals surface area contributed by atoms with Crippen molar-refractivity contribution in [2.24, 2.45) is 0 Å². The van der Waals surface area contributed by atoms with Gasteiger partial charge in [0.1, 0.15) is 5.82 Å². The summed E-state index contributed by atoms with van der Waals surface area (Å²) in [5.74, 6) is -1.01. The number of benzene rings is 2. The number of aromatic nitrogens is 1. The normalized spacial score (nSPS) is 11.9. The minimum atomic E-state index is -4.01. The fourth-order valence-corrected chi connectivity index (χ4v) is 4.63. The average molecular weight is 468 g/mol. The van der Waals surface area contributed by atoms with E-state index in [1.54, 1.807) is 0 Å². The van der Waals surface area contributed by atoms with Gasteiger partial charge < -0.3 is 0 Å². The average Bonchev–Trinajstić information content (AvgIpc) is 3.12. The third-order valence-corrected chi connectivity index (χ3v) is 6.56. The van der Waals surface area contributed by atoms with E-state index in [0.717, 1.165) is 30.0 Å². The molecular formula is C20H19ClFN3O3S2. The smallest absolute Gasteiger partial charge is 0.261 e. The minimum Gasteiger partial charge on any atom is -0.298 e. The molecule has 3 aromatic rings. The van der Waals surface area contributed by atoms with Gasteiger partial charge in [0.25, 0.3) is 15.9 Å². The maximum Gasteiger partial charge on any atom is 0.261 e. The van der Waals surface area contributed by atoms with Crippen LogP contribution in [0.1, 0.15) is 36.8 Å². The number of hydrogen-bond acceptors (Lipinski definition) is 5. The Hall–Kier alpha value is -2.49. The number of carbonyl (C=O) groups is 1. The zero-order chi connectivity index (χ0) is 22.1. The highest BCUT2D eigenvalue weighted by molar-refractivity contribution is 7.92. The van der Waals surface area contributed by atoms with Crippen LogP contribution in [0.15, 0.2) is 52.7 Å². The Kier molecular flexibility index (Phi) is 6.16. The Morgan fingerprint density at radius 2 is 1.80 bits per heavy atom. The molecule has 3 rings (SSSR count). The van der Waals surface area contributed by atoms with Crippen LogP contribution in [-0.2, 0) is 15.4 Å². The van der Waals surface area contributed by atoms with Crippen molar-refractivity contribution in [3.63, 3.8) is 0 Å². The van der Waals surface area contributed by atoms with Crippen molar-refractivity contribution in [3.05, 3.63) is 69.9 Å². The van der Waals surface area contributed by atoms with Crippen molar-refractivity contribution >= 4 is 49.7 Å². The van der Waals surface area contributed by atoms with Gasteiger partial charge >= 0.3 is 0 Å². The lowest BCUT2D eigenvalue weighted by Gasteiger charge is -2.14. The number of sulfonamides is 1. The van der Waals surface area contributed by atoms with Gasteiger partial charge in [0.05, 0.1) is 21.3 Å². The summed E-state index contributed by atoms with van der Waals surface area (Å²) in [4.78, 5) is 16.9. The zero-order valence-corrected chi connectivity index (χ0v) is 18.8. The number of anilines is 2. The molecule has 10 heteroatoms. The van der Waals surface area contributed by atoms with Gasteiger partial charge in [-0.05, 0) is 42.5 Å². The van der Waals surface area contributed by atoms with E-state index in [4.69, 9.17) is 11.6 Å². The van der Waals surface area contributed by atoms with Crippen molar-refractivity contribution in [1.82, 2.24) is 4.98 Å². The second kappa shape index (κ2) is 8.33. The Morgan fingerprint density at radius 3 is 2.40 bits per heavy atom. The van der Waals surface area contributed by atoms with E-state index in [0.29, 0.717) is 5.13 Å². The summed E-state index contributed by atoms with van der Waals surface area (Å²) in [6, 6.07) is 8.58. The predicted molar refractivity (Wildman–Crippen MR) is 117 cm³/mol. The number of halogens is 2. The largest absolute Gasteiger partial charge is 0.298 e. The van der Waals surface area contributed by atoms with Gasteiger partial charge in [-0.3, -0.25) is 14.8 Å². The number of amides is 1. The SMILES string of the molecule is CC(C)(C)c1csc(NC(=O)c2ccc(Cl)c(NS(=O)(=O)c3ccc(F)cc3)c2)n1. The highest BCUT2D eigenvalue weighted by Gasteiger charge is 2.20. The molecule has 6 nitrogen and oxygen atoms in total. The summed E-state index contributed by atoms with van der Waals surface area (Å²) < 4.78 is 40.5. The molecule has 0 atom stereocenters. The highest BCUT2D eigenvalue weighted by atomic mass is 35.5. The van der Waals surface area contributed by atoms with Crippen molar-refractivity contribution < 1.29 is 17.6 Å². The quantitative estimate of drug-likeness (QED) is 0.533. The molecular weight excluding hydrogens is 449 g/mol. The van der Waals surface area contributed by atoms with Crippen molar-refractivity contribution in [2.75, 3.05) is 10.0 Å². The van der Waals surface area contributed by atoms with Gasteiger partial charge in [-0.25, -0.2) is 17.8 Å². The molecule has 1 aromatic heterocycles. The molecule has 0 aliphatic rings. The van der Waals surface area contributed by atoms with Crippen LogP contribution in [0.5, 0.6) is 0 Å². The molecule has 0 bridgehead atoms. The fourth-order valence-electron chi connectivity index (χ4n) is 2.41. The molecule has 0 saturated heterocycles. The summed E-state index contributed by atoms with van der Waals surface area (Å²) in [6.07, 6.45) is 0. The van der Waals surface area contributed by atoms with E-state index >= 15 is 0 Å². The van der Waals surface area contributed by atoms with E-state index in [-0.39, 0.29) is 26.6 Å². The van der Waals surface area contributed by atoms with Crippen LogP contribution in [-0.4, -0.2) is 19.3 Å². The molecule has 1 amide bonds. The van der Waals surface area contributed by atoms with Crippen LogP contribution in [0.25, 0.3) is 0 Å². The van der Waals surface area contributed by atoms with Crippen LogP contribution in [0.3, 0.4) is 0 Å². The van der Waals surface area contributed by atoms with E-state index in [9.17, 15) is 17.6 Å². The van der Waals surface area contributed by atoms with Crippen LogP contribution >= 0.6 is 22.9 Å². The topological polar surface area (TPSA) is 88.2 Å². The number of carbonyl (C=O) groups excluding carboxylic acids is 1. The molecule has 0 unspecified atom stereocenters. The van der Waals surface area contributed by atoms with Gasteiger partial charge in [-0.1, -0.05) is 32.4 Å². The standard InChI is InChI=1S/C20H19ClFN3O3S2/c1-20(2,3)17-11-29-19(23-17)24-18(26)12-4-9-15(21)16(10-12)25-30(27,28)14-7-5-13(22)6-8-14/h4-11,25H,1-3H3,(H,23,24,26). The van der Waals surface area contributed by atoms with Crippen molar-refractivity contribution in [1.29, 1.82) is 0 Å². The van der Waals surface area contributed by atoms with E-state index in [1.807, 2.05) is 26.2 Å². The zero-order valence-electron chi connectivity index (χ0n) is 16.4. The van der Waals surface area contributed by atoms with Gasteiger partial charge in [0.2, 0.25) is 0 Å². The van der Waals surface area contributed by atoms with Crippen molar-refractivity contribution in [3.8, 4) is 0 Å². The first-order valence-corrected chi connectivity index (χ1v) is 11.5. The fraction of sp³-hybridized carbons (Fsp3) is 0.200. The molecule has 0 fully saturated rings. The first-order chi connectivity index (χ1) is 14.0. The Labute approximate surface area is 183 Å². The van der Waals surface area contributed by atoms with Gasteiger partial charge in [0, 0.05) is 16.4 Å². The third-order valence-electron chi connectivity index (χ3n) is 4.09. The summed E-state index contributed by atoms with van der Waals surface area (Å²) >= 11 is 7.41. The first-order valence-electron chi connectivity index (χ1n) is 8.81. The highest BCUT2D eigenvalue weighted by Crippen LogP contribution is 2.28. The van der Waals surface area contributed by atoms with Crippen LogP contribution in [0.4, 0.5) is 15.2 Å². The lowest BCUT2D eigenvalue weighted by Crippen LogP contribution is -2.16. The molecule has 2 N–H and O–H groups in total. The van der Waals surface area contributed by atoms with E-state index in [1.165, 1.54) is 29.5 Å². The molecule has 0 radical (unpaired) electrons. The monoisotopic (exact) mass is 467 g/mol. The van der Waals surface area contributed by atoms with Crippen molar-refractivity contribution in [2.45, 2.75) is 31.1 Å². The van der Waals surface area contributed by atoms with Crippen LogP contribution in [0.2, 0.25) is 5.02 Å². The number of hydrogen-bond donors (Lipinski definition) is 2. The second-order valence-corrected chi connectivity index (χ2v) is 10.4. The third kappa shape index (κ3) is 5.16. The minimum absolute atomic E-state index is 0.0307. The van der Waals surface area contributed by atoms with E-state index < -0.39 is 21.7 Å². The number of nitrogens with zero attached hydrogens (tertiary/aromatic N) is 1. The summed E-state index contributed by atoms with van der Waals surface area (Å²) in [6.45, 7) is 6.06. The lowest BCUT2D eigenvalue weighted by atomic mass is 9.93. The number of nitrogens with one attached hydrogen (secondary N) is 2. The maximum atomic E-state index is 13.1. The lowest BCUT2D eigenvalue weighted by molar-refractivity contribution is 0.102. The number of thiazole rings is 1. The van der Waals surface area contributed by atoms with Crippen LogP contribution < -0.4 is 10.0 Å². The maximum absolute atomic E-state index is 13.1. The first kappa shape index (κ1) is 22.2. The summed E-state index contributed by atoms with van der Waals surface area (Å²) in [7, 11) is -4.01. The predicted octanol–water partition coefficient (Wildman–Crippen LogP) is 5.29. The number of rotatable bonds is 5. The molecule has 2 aromatic carbocycles. The molecule has 0 spiro atoms. The Bertz CT molecular complexity index is 1190. The summed E-state index contributed by atoms with van der Waals surface area (Å²) in [5.41, 5.74) is 0.935. The van der Waals surface area contributed by atoms with Gasteiger partial charge in [0.15, 0.2) is 5.13 Å². The molecule has 158 valence electrons. The second-order valence-electron chi connectivity index (χ2n) is 7.50. The molecule has 0 aliphatic heterocycles. The molecule has 30 heavy (non-hydrogen) atoms. The molecule has 0 saturated carbocycles. The Balaban J connectivity index is 1.81. The van der Waals surface area contributed by atoms with Gasteiger partial charge in [-0.15, -0.1) is 11.3 Å². The summed E-state index contributed by atoms with van der Waals surface area (Å²) in [5, 5.41) is 5.13. The molecule has 0 aliphatic carbocycles.